The number of aryl methyl sites for hydroxylation is 1. The highest BCUT2D eigenvalue weighted by Gasteiger charge is 2.12. The van der Waals surface area contributed by atoms with Crippen LogP contribution >= 0.6 is 0 Å². The van der Waals surface area contributed by atoms with Gasteiger partial charge in [0.15, 0.2) is 0 Å². The monoisotopic (exact) mass is 178 g/mol. The van der Waals surface area contributed by atoms with E-state index in [1.807, 2.05) is 0 Å². The van der Waals surface area contributed by atoms with Crippen molar-refractivity contribution in [2.24, 2.45) is 7.05 Å². The summed E-state index contributed by atoms with van der Waals surface area (Å²) in [4.78, 5) is 0. The number of aromatic nitrogens is 1. The molecule has 1 fully saturated rings. The third-order valence-electron chi connectivity index (χ3n) is 2.79. The van der Waals surface area contributed by atoms with Gasteiger partial charge in [0.25, 0.3) is 0 Å². The highest BCUT2D eigenvalue weighted by molar-refractivity contribution is 5.11. The van der Waals surface area contributed by atoms with Crippen molar-refractivity contribution in [2.45, 2.75) is 31.7 Å². The average molecular weight is 178 g/mol. The van der Waals surface area contributed by atoms with Crippen molar-refractivity contribution in [3.8, 4) is 0 Å². The molecule has 1 N–H and O–H groups in total. The Morgan fingerprint density at radius 1 is 1.54 bits per heavy atom. The largest absolute Gasteiger partial charge is 0.357 e. The van der Waals surface area contributed by atoms with Gasteiger partial charge < -0.3 is 9.88 Å². The molecule has 2 heteroatoms. The molecule has 72 valence electrons. The molecule has 0 aromatic carbocycles. The minimum atomic E-state index is 0.719. The van der Waals surface area contributed by atoms with Gasteiger partial charge in [-0.3, -0.25) is 0 Å². The standard InChI is InChI=1S/C11H18N2/c1-13-7-5-10(9-13)8-11-4-2-3-6-12-11/h5,7,9,11-12H,2-4,6,8H2,1H3. The van der Waals surface area contributed by atoms with Crippen molar-refractivity contribution in [3.63, 3.8) is 0 Å². The van der Waals surface area contributed by atoms with Gasteiger partial charge in [0.05, 0.1) is 0 Å². The first kappa shape index (κ1) is 8.82. The van der Waals surface area contributed by atoms with E-state index in [1.54, 1.807) is 0 Å². The van der Waals surface area contributed by atoms with E-state index < -0.39 is 0 Å². The third kappa shape index (κ3) is 2.34. The highest BCUT2D eigenvalue weighted by Crippen LogP contribution is 2.12. The second kappa shape index (κ2) is 3.97. The normalized spacial score (nSPS) is 23.3. The molecule has 0 saturated carbocycles. The van der Waals surface area contributed by atoms with Crippen LogP contribution in [0.4, 0.5) is 0 Å². The number of nitrogens with one attached hydrogen (secondary N) is 1. The zero-order valence-electron chi connectivity index (χ0n) is 8.29. The summed E-state index contributed by atoms with van der Waals surface area (Å²) in [6.07, 6.45) is 9.62. The van der Waals surface area contributed by atoms with Crippen molar-refractivity contribution in [1.82, 2.24) is 9.88 Å². The summed E-state index contributed by atoms with van der Waals surface area (Å²) in [7, 11) is 2.08. The van der Waals surface area contributed by atoms with Gasteiger partial charge in [0, 0.05) is 25.5 Å². The first-order valence-corrected chi connectivity index (χ1v) is 5.19. The molecule has 0 aliphatic carbocycles. The average Bonchev–Trinajstić information content (AvgIpc) is 2.53. The van der Waals surface area contributed by atoms with Gasteiger partial charge in [-0.15, -0.1) is 0 Å². The molecule has 1 aliphatic heterocycles. The summed E-state index contributed by atoms with van der Waals surface area (Å²) in [5.41, 5.74) is 1.46. The van der Waals surface area contributed by atoms with E-state index in [-0.39, 0.29) is 0 Å². The predicted octanol–water partition coefficient (Wildman–Crippen LogP) is 1.71. The maximum absolute atomic E-state index is 3.57. The number of piperidine rings is 1. The SMILES string of the molecule is Cn1ccc(CC2CCCCN2)c1. The van der Waals surface area contributed by atoms with Crippen LogP contribution in [0.3, 0.4) is 0 Å². The van der Waals surface area contributed by atoms with Crippen LogP contribution in [-0.2, 0) is 13.5 Å². The molecule has 0 bridgehead atoms. The van der Waals surface area contributed by atoms with Gasteiger partial charge in [-0.2, -0.15) is 0 Å². The Morgan fingerprint density at radius 3 is 3.08 bits per heavy atom. The van der Waals surface area contributed by atoms with Gasteiger partial charge in [0.2, 0.25) is 0 Å². The van der Waals surface area contributed by atoms with E-state index in [4.69, 9.17) is 0 Å². The fourth-order valence-corrected chi connectivity index (χ4v) is 2.06. The highest BCUT2D eigenvalue weighted by atomic mass is 14.9. The van der Waals surface area contributed by atoms with Crippen molar-refractivity contribution in [3.05, 3.63) is 24.0 Å². The molecule has 1 saturated heterocycles. The molecule has 1 atom stereocenters. The lowest BCUT2D eigenvalue weighted by atomic mass is 9.99. The van der Waals surface area contributed by atoms with Gasteiger partial charge in [0.1, 0.15) is 0 Å². The van der Waals surface area contributed by atoms with Crippen LogP contribution in [0.5, 0.6) is 0 Å². The number of hydrogen-bond acceptors (Lipinski definition) is 1. The zero-order chi connectivity index (χ0) is 9.10. The minimum Gasteiger partial charge on any atom is -0.357 e. The first-order chi connectivity index (χ1) is 6.34. The Bertz CT molecular complexity index is 259. The third-order valence-corrected chi connectivity index (χ3v) is 2.79. The van der Waals surface area contributed by atoms with Crippen LogP contribution in [0.15, 0.2) is 18.5 Å². The topological polar surface area (TPSA) is 17.0 Å². The lowest BCUT2D eigenvalue weighted by Crippen LogP contribution is -2.35. The van der Waals surface area contributed by atoms with Crippen molar-refractivity contribution >= 4 is 0 Å². The van der Waals surface area contributed by atoms with Gasteiger partial charge in [-0.25, -0.2) is 0 Å². The maximum atomic E-state index is 3.57. The van der Waals surface area contributed by atoms with Gasteiger partial charge in [-0.05, 0) is 37.4 Å². The van der Waals surface area contributed by atoms with E-state index in [0.717, 1.165) is 6.04 Å². The lowest BCUT2D eigenvalue weighted by molar-refractivity contribution is 0.399. The Kier molecular flexibility index (Phi) is 2.69. The molecule has 0 spiro atoms. The van der Waals surface area contributed by atoms with Gasteiger partial charge >= 0.3 is 0 Å². The van der Waals surface area contributed by atoms with Gasteiger partial charge in [-0.1, -0.05) is 6.42 Å². The molecule has 2 rings (SSSR count). The van der Waals surface area contributed by atoms with E-state index >= 15 is 0 Å². The van der Waals surface area contributed by atoms with Crippen molar-refractivity contribution < 1.29 is 0 Å². The number of hydrogen-bond donors (Lipinski definition) is 1. The fraction of sp³-hybridized carbons (Fsp3) is 0.636. The summed E-state index contributed by atoms with van der Waals surface area (Å²) < 4.78 is 2.12. The number of nitrogens with zero attached hydrogens (tertiary/aromatic N) is 1. The Hall–Kier alpha value is -0.760. The molecule has 0 radical (unpaired) electrons. The summed E-state index contributed by atoms with van der Waals surface area (Å²) in [5, 5.41) is 3.57. The van der Waals surface area contributed by atoms with E-state index in [2.05, 4.69) is 35.4 Å². The summed E-state index contributed by atoms with van der Waals surface area (Å²) >= 11 is 0. The fourth-order valence-electron chi connectivity index (χ4n) is 2.06. The Labute approximate surface area is 79.9 Å². The van der Waals surface area contributed by atoms with Crippen LogP contribution in [-0.4, -0.2) is 17.2 Å². The lowest BCUT2D eigenvalue weighted by Gasteiger charge is -2.22. The smallest absolute Gasteiger partial charge is 0.0108 e. The van der Waals surface area contributed by atoms with Crippen LogP contribution in [0, 0.1) is 0 Å². The Balaban J connectivity index is 1.89. The minimum absolute atomic E-state index is 0.719. The molecule has 13 heavy (non-hydrogen) atoms. The quantitative estimate of drug-likeness (QED) is 0.729. The first-order valence-electron chi connectivity index (χ1n) is 5.19. The molecule has 1 aromatic rings. The second-order valence-electron chi connectivity index (χ2n) is 4.04. The van der Waals surface area contributed by atoms with E-state index in [9.17, 15) is 0 Å². The summed E-state index contributed by atoms with van der Waals surface area (Å²) in [6, 6.07) is 2.94. The van der Waals surface area contributed by atoms with Crippen LogP contribution in [0.25, 0.3) is 0 Å². The maximum Gasteiger partial charge on any atom is 0.0108 e. The van der Waals surface area contributed by atoms with E-state index in [1.165, 1.54) is 37.8 Å². The molecule has 2 heterocycles. The van der Waals surface area contributed by atoms with Crippen molar-refractivity contribution in [1.29, 1.82) is 0 Å². The van der Waals surface area contributed by atoms with Crippen LogP contribution < -0.4 is 5.32 Å². The Morgan fingerprint density at radius 2 is 2.46 bits per heavy atom. The molecule has 1 aromatic heterocycles. The number of rotatable bonds is 2. The predicted molar refractivity (Wildman–Crippen MR) is 54.8 cm³/mol. The van der Waals surface area contributed by atoms with Crippen LogP contribution in [0.1, 0.15) is 24.8 Å². The molecule has 2 nitrogen and oxygen atoms in total. The molecular weight excluding hydrogens is 160 g/mol. The molecular formula is C11H18N2. The van der Waals surface area contributed by atoms with E-state index in [0.29, 0.717) is 0 Å². The summed E-state index contributed by atoms with van der Waals surface area (Å²) in [5.74, 6) is 0. The molecule has 1 unspecified atom stereocenters. The van der Waals surface area contributed by atoms with Crippen LogP contribution in [0.2, 0.25) is 0 Å². The molecule has 1 aliphatic rings. The second-order valence-corrected chi connectivity index (χ2v) is 4.04. The zero-order valence-corrected chi connectivity index (χ0v) is 8.29. The molecule has 0 amide bonds. The van der Waals surface area contributed by atoms with Crippen molar-refractivity contribution in [2.75, 3.05) is 6.54 Å². The summed E-state index contributed by atoms with van der Waals surface area (Å²) in [6.45, 7) is 1.21.